The van der Waals surface area contributed by atoms with E-state index in [2.05, 4.69) is 15.5 Å². The topological polar surface area (TPSA) is 102 Å². The molecule has 0 aliphatic heterocycles. The number of hydrogen-bond acceptors (Lipinski definition) is 6. The van der Waals surface area contributed by atoms with Gasteiger partial charge in [0.05, 0.1) is 38.6 Å². The van der Waals surface area contributed by atoms with E-state index in [9.17, 15) is 9.59 Å². The van der Waals surface area contributed by atoms with Gasteiger partial charge in [0.25, 0.3) is 5.91 Å². The molecule has 0 fully saturated rings. The molecule has 0 radical (unpaired) electrons. The highest BCUT2D eigenvalue weighted by Crippen LogP contribution is 2.35. The van der Waals surface area contributed by atoms with E-state index >= 15 is 0 Å². The number of carbonyl (C=O) groups is 2. The lowest BCUT2D eigenvalue weighted by atomic mass is 10.1. The van der Waals surface area contributed by atoms with Gasteiger partial charge in [0.15, 0.2) is 0 Å². The molecular weight excluding hydrogens is 362 g/mol. The maximum atomic E-state index is 12.1. The van der Waals surface area contributed by atoms with E-state index in [1.807, 2.05) is 6.07 Å². The third-order valence-electron chi connectivity index (χ3n) is 4.12. The number of hydrogen-bond donors (Lipinski definition) is 2. The summed E-state index contributed by atoms with van der Waals surface area (Å²) < 4.78 is 15.6. The quantitative estimate of drug-likeness (QED) is 0.388. The van der Waals surface area contributed by atoms with Crippen LogP contribution in [0.25, 0.3) is 10.9 Å². The minimum absolute atomic E-state index is 0.257. The maximum Gasteiger partial charge on any atom is 0.354 e. The molecule has 1 aromatic heterocycles. The van der Waals surface area contributed by atoms with Gasteiger partial charge in [0.2, 0.25) is 0 Å². The van der Waals surface area contributed by atoms with E-state index < -0.39 is 5.97 Å². The van der Waals surface area contributed by atoms with Crippen molar-refractivity contribution in [2.75, 3.05) is 21.3 Å². The van der Waals surface area contributed by atoms with Gasteiger partial charge in [-0.1, -0.05) is 18.2 Å². The number of ether oxygens (including phenoxy) is 3. The molecule has 0 saturated heterocycles. The molecular formula is C20H19N3O5. The molecule has 0 unspecified atom stereocenters. The number of aromatic nitrogens is 1. The Morgan fingerprint density at radius 1 is 1.04 bits per heavy atom. The fraction of sp³-hybridized carbons (Fsp3) is 0.150. The minimum Gasteiger partial charge on any atom is -0.496 e. The lowest BCUT2D eigenvalue weighted by Crippen LogP contribution is -2.17. The number of rotatable bonds is 6. The monoisotopic (exact) mass is 381 g/mol. The number of amides is 1. The van der Waals surface area contributed by atoms with E-state index in [1.165, 1.54) is 27.5 Å². The van der Waals surface area contributed by atoms with Gasteiger partial charge in [-0.15, -0.1) is 0 Å². The number of hydrazone groups is 1. The molecule has 0 atom stereocenters. The van der Waals surface area contributed by atoms with Crippen molar-refractivity contribution < 1.29 is 23.8 Å². The molecule has 8 heteroatoms. The Morgan fingerprint density at radius 2 is 1.75 bits per heavy atom. The van der Waals surface area contributed by atoms with Gasteiger partial charge in [-0.2, -0.15) is 5.10 Å². The highest BCUT2D eigenvalue weighted by atomic mass is 16.5. The predicted octanol–water partition coefficient (Wildman–Crippen LogP) is 2.74. The summed E-state index contributed by atoms with van der Waals surface area (Å²) in [5.74, 6) is 0.115. The van der Waals surface area contributed by atoms with Crippen LogP contribution in [-0.2, 0) is 4.74 Å². The average Bonchev–Trinajstić information content (AvgIpc) is 3.19. The Balaban J connectivity index is 2.00. The summed E-state index contributed by atoms with van der Waals surface area (Å²) in [6.07, 6.45) is 1.44. The van der Waals surface area contributed by atoms with Gasteiger partial charge >= 0.3 is 5.97 Å². The normalized spacial score (nSPS) is 10.8. The first-order chi connectivity index (χ1) is 13.6. The van der Waals surface area contributed by atoms with Crippen LogP contribution in [0, 0.1) is 0 Å². The van der Waals surface area contributed by atoms with Crippen LogP contribution in [0.5, 0.6) is 11.5 Å². The minimum atomic E-state index is -0.516. The number of benzene rings is 2. The summed E-state index contributed by atoms with van der Waals surface area (Å²) in [5, 5.41) is 4.68. The molecule has 1 amide bonds. The number of aromatic amines is 1. The second-order valence-electron chi connectivity index (χ2n) is 5.72. The van der Waals surface area contributed by atoms with Crippen molar-refractivity contribution in [3.63, 3.8) is 0 Å². The van der Waals surface area contributed by atoms with Crippen molar-refractivity contribution in [1.29, 1.82) is 0 Å². The van der Waals surface area contributed by atoms with Gasteiger partial charge in [0.1, 0.15) is 17.2 Å². The van der Waals surface area contributed by atoms with Crippen molar-refractivity contribution in [2.45, 2.75) is 0 Å². The molecule has 0 spiro atoms. The van der Waals surface area contributed by atoms with Crippen LogP contribution in [0.3, 0.4) is 0 Å². The van der Waals surface area contributed by atoms with Crippen molar-refractivity contribution in [1.82, 2.24) is 10.4 Å². The van der Waals surface area contributed by atoms with E-state index in [0.717, 1.165) is 0 Å². The standard InChI is InChI=1S/C20H19N3O5/c1-26-16-10-17(27-2)14(18-13(16)9-15(22-18)20(25)28-3)11-21-23-19(24)12-7-5-4-6-8-12/h4-11,22H,1-3H3,(H,23,24)/b21-11+. The number of fused-ring (bicyclic) bond motifs is 1. The Labute approximate surface area is 161 Å². The second-order valence-corrected chi connectivity index (χ2v) is 5.72. The second kappa shape index (κ2) is 8.26. The first kappa shape index (κ1) is 19.0. The van der Waals surface area contributed by atoms with Crippen molar-refractivity contribution in [3.8, 4) is 11.5 Å². The van der Waals surface area contributed by atoms with Crippen molar-refractivity contribution in [2.24, 2.45) is 5.10 Å². The predicted molar refractivity (Wildman–Crippen MR) is 104 cm³/mol. The Bertz CT molecular complexity index is 1040. The van der Waals surface area contributed by atoms with Crippen molar-refractivity contribution >= 4 is 29.0 Å². The zero-order chi connectivity index (χ0) is 20.1. The van der Waals surface area contributed by atoms with Crippen LogP contribution in [0.1, 0.15) is 26.4 Å². The molecule has 0 bridgehead atoms. The van der Waals surface area contributed by atoms with Crippen LogP contribution in [0.15, 0.2) is 47.6 Å². The fourth-order valence-electron chi connectivity index (χ4n) is 2.75. The number of nitrogens with one attached hydrogen (secondary N) is 2. The zero-order valence-corrected chi connectivity index (χ0v) is 15.6. The van der Waals surface area contributed by atoms with E-state index in [0.29, 0.717) is 33.5 Å². The van der Waals surface area contributed by atoms with Crippen LogP contribution in [0.4, 0.5) is 0 Å². The van der Waals surface area contributed by atoms with E-state index in [-0.39, 0.29) is 11.6 Å². The molecule has 3 aromatic rings. The summed E-state index contributed by atoms with van der Waals surface area (Å²) in [5.41, 5.74) is 4.32. The lowest BCUT2D eigenvalue weighted by Gasteiger charge is -2.10. The smallest absolute Gasteiger partial charge is 0.354 e. The fourth-order valence-corrected chi connectivity index (χ4v) is 2.75. The molecule has 2 aromatic carbocycles. The average molecular weight is 381 g/mol. The molecule has 0 saturated carbocycles. The summed E-state index contributed by atoms with van der Waals surface area (Å²) in [4.78, 5) is 27.0. The Morgan fingerprint density at radius 3 is 2.39 bits per heavy atom. The number of carbonyl (C=O) groups excluding carboxylic acids is 2. The summed E-state index contributed by atoms with van der Waals surface area (Å²) in [6, 6.07) is 12.0. The Hall–Kier alpha value is -3.81. The molecule has 2 N–H and O–H groups in total. The highest BCUT2D eigenvalue weighted by Gasteiger charge is 2.18. The number of esters is 1. The molecule has 1 heterocycles. The molecule has 8 nitrogen and oxygen atoms in total. The summed E-state index contributed by atoms with van der Waals surface area (Å²) in [6.45, 7) is 0. The van der Waals surface area contributed by atoms with Gasteiger partial charge in [-0.05, 0) is 18.2 Å². The largest absolute Gasteiger partial charge is 0.496 e. The highest BCUT2D eigenvalue weighted by molar-refractivity contribution is 6.07. The first-order valence-corrected chi connectivity index (χ1v) is 8.33. The van der Waals surface area contributed by atoms with E-state index in [1.54, 1.807) is 36.4 Å². The number of nitrogens with zero attached hydrogens (tertiary/aromatic N) is 1. The van der Waals surface area contributed by atoms with Crippen LogP contribution in [-0.4, -0.2) is 44.4 Å². The zero-order valence-electron chi connectivity index (χ0n) is 15.6. The molecule has 0 aliphatic carbocycles. The Kier molecular flexibility index (Phi) is 5.59. The van der Waals surface area contributed by atoms with Crippen LogP contribution in [0.2, 0.25) is 0 Å². The summed E-state index contributed by atoms with van der Waals surface area (Å²) >= 11 is 0. The third-order valence-corrected chi connectivity index (χ3v) is 4.12. The van der Waals surface area contributed by atoms with Crippen LogP contribution < -0.4 is 14.9 Å². The SMILES string of the molecule is COC(=O)c1cc2c(OC)cc(OC)c(/C=N/NC(=O)c3ccccc3)c2[nH]1. The number of H-pyrrole nitrogens is 1. The molecule has 144 valence electrons. The van der Waals surface area contributed by atoms with E-state index in [4.69, 9.17) is 14.2 Å². The first-order valence-electron chi connectivity index (χ1n) is 8.33. The van der Waals surface area contributed by atoms with Gasteiger partial charge in [0, 0.05) is 17.0 Å². The molecule has 3 rings (SSSR count). The van der Waals surface area contributed by atoms with Gasteiger partial charge in [-0.25, -0.2) is 10.2 Å². The lowest BCUT2D eigenvalue weighted by molar-refractivity contribution is 0.0595. The third kappa shape index (κ3) is 3.66. The van der Waals surface area contributed by atoms with Crippen molar-refractivity contribution in [3.05, 3.63) is 59.3 Å². The molecule has 0 aliphatic rings. The number of methoxy groups -OCH3 is 3. The maximum absolute atomic E-state index is 12.1. The summed E-state index contributed by atoms with van der Waals surface area (Å²) in [7, 11) is 4.32. The molecule has 28 heavy (non-hydrogen) atoms. The van der Waals surface area contributed by atoms with Gasteiger partial charge in [-0.3, -0.25) is 4.79 Å². The van der Waals surface area contributed by atoms with Gasteiger partial charge < -0.3 is 19.2 Å². The van der Waals surface area contributed by atoms with Crippen LogP contribution >= 0.6 is 0 Å².